The largest absolute Gasteiger partial charge is 0.514 e. The number of nitrogens with zero attached hydrogens (tertiary/aromatic N) is 2. The molecule has 1 aliphatic rings. The number of nitro benzene ring substituents is 1. The normalized spacial score (nSPS) is 13.4. The minimum absolute atomic E-state index is 0.0567. The molecule has 4 N–H and O–H groups in total. The predicted molar refractivity (Wildman–Crippen MR) is 170 cm³/mol. The highest BCUT2D eigenvalue weighted by atomic mass is 16.7. The average molecular weight is 682 g/mol. The molecule has 49 heavy (non-hydrogen) atoms. The fraction of sp³-hybridized carbons (Fsp3) is 0.344. The van der Waals surface area contributed by atoms with Gasteiger partial charge in [0.25, 0.3) is 17.5 Å². The number of nitrogens with one attached hydrogen (secondary N) is 3. The highest BCUT2D eigenvalue weighted by Crippen LogP contribution is 2.18. The Kier molecular flexibility index (Phi) is 13.5. The minimum Gasteiger partial charge on any atom is -0.480 e. The summed E-state index contributed by atoms with van der Waals surface area (Å²) < 4.78 is 9.99. The van der Waals surface area contributed by atoms with Gasteiger partial charge in [-0.15, -0.1) is 0 Å². The number of carboxylic acid groups (broad SMARTS) is 1. The molecule has 0 unspecified atom stereocenters. The zero-order chi connectivity index (χ0) is 36.1. The molecule has 1 heterocycles. The van der Waals surface area contributed by atoms with Gasteiger partial charge >= 0.3 is 12.1 Å². The lowest BCUT2D eigenvalue weighted by atomic mass is 10.0. The van der Waals surface area contributed by atoms with Crippen molar-refractivity contribution in [3.63, 3.8) is 0 Å². The van der Waals surface area contributed by atoms with Crippen LogP contribution in [0.2, 0.25) is 0 Å². The molecule has 0 radical (unpaired) electrons. The fourth-order valence-corrected chi connectivity index (χ4v) is 4.45. The molecular weight excluding hydrogens is 646 g/mol. The summed E-state index contributed by atoms with van der Waals surface area (Å²) >= 11 is 0. The summed E-state index contributed by atoms with van der Waals surface area (Å²) in [6, 6.07) is 8.49. The number of nitro groups is 1. The lowest BCUT2D eigenvalue weighted by Gasteiger charge is -2.23. The van der Waals surface area contributed by atoms with Gasteiger partial charge < -0.3 is 30.5 Å². The number of amides is 5. The molecule has 2 aromatic carbocycles. The highest BCUT2D eigenvalue weighted by molar-refractivity contribution is 6.13. The molecule has 0 aromatic heterocycles. The number of non-ortho nitro benzene ring substituents is 1. The van der Waals surface area contributed by atoms with Crippen molar-refractivity contribution in [1.82, 2.24) is 15.5 Å². The molecule has 2 aromatic rings. The van der Waals surface area contributed by atoms with Gasteiger partial charge in [-0.1, -0.05) is 26.0 Å². The zero-order valence-electron chi connectivity index (χ0n) is 26.6. The molecule has 260 valence electrons. The first-order valence-corrected chi connectivity index (χ1v) is 15.1. The van der Waals surface area contributed by atoms with Crippen molar-refractivity contribution in [2.24, 2.45) is 5.92 Å². The summed E-state index contributed by atoms with van der Waals surface area (Å²) in [4.78, 5) is 96.3. The number of aliphatic carboxylic acids is 1. The maximum absolute atomic E-state index is 13.0. The van der Waals surface area contributed by atoms with Gasteiger partial charge in [-0.05, 0) is 48.6 Å². The van der Waals surface area contributed by atoms with Crippen LogP contribution in [-0.2, 0) is 40.1 Å². The summed E-state index contributed by atoms with van der Waals surface area (Å²) in [5.74, 6) is -4.40. The molecule has 0 bridgehead atoms. The van der Waals surface area contributed by atoms with E-state index in [-0.39, 0.29) is 56.2 Å². The number of imide groups is 1. The Balaban J connectivity index is 1.45. The molecule has 0 saturated heterocycles. The molecule has 17 nitrogen and oxygen atoms in total. The van der Waals surface area contributed by atoms with Crippen LogP contribution in [0, 0.1) is 16.0 Å². The summed E-state index contributed by atoms with van der Waals surface area (Å²) in [7, 11) is 0. The van der Waals surface area contributed by atoms with Crippen LogP contribution in [0.25, 0.3) is 0 Å². The first-order chi connectivity index (χ1) is 23.2. The number of ether oxygens (including phenoxy) is 2. The molecular formula is C32H35N5O12. The van der Waals surface area contributed by atoms with Gasteiger partial charge in [-0.25, -0.2) is 9.59 Å². The third-order valence-electron chi connectivity index (χ3n) is 6.94. The topological polar surface area (TPSA) is 241 Å². The lowest BCUT2D eigenvalue weighted by molar-refractivity contribution is -0.384. The summed E-state index contributed by atoms with van der Waals surface area (Å²) in [5, 5.41) is 27.9. The van der Waals surface area contributed by atoms with Gasteiger partial charge in [0.1, 0.15) is 24.4 Å². The number of carbonyl (C=O) groups is 7. The third kappa shape index (κ3) is 12.2. The molecule has 0 saturated carbocycles. The summed E-state index contributed by atoms with van der Waals surface area (Å²) in [6.07, 6.45) is 0.532. The maximum Gasteiger partial charge on any atom is 0.514 e. The van der Waals surface area contributed by atoms with Gasteiger partial charge in [0, 0.05) is 49.4 Å². The first kappa shape index (κ1) is 37.3. The van der Waals surface area contributed by atoms with E-state index in [1.807, 2.05) is 0 Å². The molecule has 1 aliphatic heterocycles. The Morgan fingerprint density at radius 1 is 0.878 bits per heavy atom. The van der Waals surface area contributed by atoms with E-state index in [2.05, 4.69) is 16.0 Å². The van der Waals surface area contributed by atoms with Gasteiger partial charge in [0.2, 0.25) is 17.7 Å². The quantitative estimate of drug-likeness (QED) is 0.0619. The molecule has 5 amide bonds. The summed E-state index contributed by atoms with van der Waals surface area (Å²) in [5.41, 5.74) is 0.746. The van der Waals surface area contributed by atoms with Crippen LogP contribution in [0.15, 0.2) is 60.7 Å². The number of hydrogen-bond acceptors (Lipinski definition) is 11. The molecule has 2 atom stereocenters. The van der Waals surface area contributed by atoms with E-state index in [4.69, 9.17) is 9.47 Å². The van der Waals surface area contributed by atoms with Crippen molar-refractivity contribution in [3.8, 4) is 5.75 Å². The number of carbonyl (C=O) groups excluding carboxylic acids is 6. The van der Waals surface area contributed by atoms with Gasteiger partial charge in [0.05, 0.1) is 4.92 Å². The Bertz CT molecular complexity index is 1590. The van der Waals surface area contributed by atoms with E-state index >= 15 is 0 Å². The Morgan fingerprint density at radius 2 is 1.51 bits per heavy atom. The van der Waals surface area contributed by atoms with Crippen molar-refractivity contribution in [2.75, 3.05) is 11.9 Å². The second-order valence-electron chi connectivity index (χ2n) is 11.2. The minimum atomic E-state index is -1.44. The van der Waals surface area contributed by atoms with Crippen LogP contribution in [-0.4, -0.2) is 75.2 Å². The first-order valence-electron chi connectivity index (χ1n) is 15.1. The number of rotatable bonds is 17. The summed E-state index contributed by atoms with van der Waals surface area (Å²) in [6.45, 7) is 3.25. The molecule has 0 aliphatic carbocycles. The van der Waals surface area contributed by atoms with Crippen LogP contribution < -0.4 is 20.7 Å². The van der Waals surface area contributed by atoms with Crippen molar-refractivity contribution in [1.29, 1.82) is 0 Å². The second-order valence-corrected chi connectivity index (χ2v) is 11.2. The van der Waals surface area contributed by atoms with Crippen LogP contribution in [0.5, 0.6) is 5.75 Å². The zero-order valence-corrected chi connectivity index (χ0v) is 26.6. The molecule has 0 fully saturated rings. The van der Waals surface area contributed by atoms with E-state index < -0.39 is 58.7 Å². The standard InChI is InChI=1S/C32H35N5O12/c1-19(2)17-25(34-27(39)15-16-36-28(40)13-14-29(36)41)30(42)35-24(31(43)44)11-12-26(38)33-21-5-3-20(4-6-21)18-48-32(45)49-23-9-7-22(8-10-23)37(46)47/h3-10,13-14,19,24-25H,11-12,15-18H2,1-2H3,(H,33,38)(H,34,39)(H,35,42)(H,43,44)/t24-,25+/m0/s1. The molecule has 3 rings (SSSR count). The van der Waals surface area contributed by atoms with E-state index in [9.17, 15) is 48.8 Å². The number of benzene rings is 2. The van der Waals surface area contributed by atoms with Crippen molar-refractivity contribution in [2.45, 2.75) is 58.2 Å². The number of hydrogen-bond donors (Lipinski definition) is 4. The van der Waals surface area contributed by atoms with E-state index in [1.54, 1.807) is 26.0 Å². The monoisotopic (exact) mass is 681 g/mol. The van der Waals surface area contributed by atoms with Gasteiger partial charge in [-0.3, -0.25) is 39.0 Å². The van der Waals surface area contributed by atoms with Gasteiger partial charge in [0.15, 0.2) is 0 Å². The maximum atomic E-state index is 13.0. The van der Waals surface area contributed by atoms with E-state index in [0.717, 1.165) is 17.1 Å². The Hall–Kier alpha value is -6.13. The SMILES string of the molecule is CC(C)C[C@@H](NC(=O)CCN1C(=O)C=CC1=O)C(=O)N[C@@H](CCC(=O)Nc1ccc(COC(=O)Oc2ccc([N+](=O)[O-])cc2)cc1)C(=O)O. The van der Waals surface area contributed by atoms with Crippen LogP contribution in [0.4, 0.5) is 16.2 Å². The number of carboxylic acids is 1. The Labute approximate surface area is 279 Å². The van der Waals surface area contributed by atoms with Crippen molar-refractivity contribution >= 4 is 53.0 Å². The third-order valence-corrected chi connectivity index (χ3v) is 6.94. The molecule has 17 heteroatoms. The molecule has 0 spiro atoms. The van der Waals surface area contributed by atoms with E-state index in [0.29, 0.717) is 11.3 Å². The predicted octanol–water partition coefficient (Wildman–Crippen LogP) is 2.44. The van der Waals surface area contributed by atoms with Crippen LogP contribution in [0.3, 0.4) is 0 Å². The average Bonchev–Trinajstić information content (AvgIpc) is 3.37. The van der Waals surface area contributed by atoms with Gasteiger partial charge in [-0.2, -0.15) is 0 Å². The Morgan fingerprint density at radius 3 is 2.08 bits per heavy atom. The van der Waals surface area contributed by atoms with Crippen molar-refractivity contribution < 1.29 is 53.1 Å². The van der Waals surface area contributed by atoms with Crippen LogP contribution in [0.1, 0.15) is 45.1 Å². The highest BCUT2D eigenvalue weighted by Gasteiger charge is 2.29. The fourth-order valence-electron chi connectivity index (χ4n) is 4.45. The lowest BCUT2D eigenvalue weighted by Crippen LogP contribution is -2.52. The number of anilines is 1. The van der Waals surface area contributed by atoms with Crippen molar-refractivity contribution in [3.05, 3.63) is 76.4 Å². The second kappa shape index (κ2) is 17.7. The van der Waals surface area contributed by atoms with Crippen LogP contribution >= 0.6 is 0 Å². The smallest absolute Gasteiger partial charge is 0.480 e. The van der Waals surface area contributed by atoms with E-state index in [1.165, 1.54) is 36.4 Å².